The average molecular weight is 385 g/mol. The highest BCUT2D eigenvalue weighted by Crippen LogP contribution is 2.20. The molecule has 0 aliphatic carbocycles. The van der Waals surface area contributed by atoms with Crippen LogP contribution in [0.25, 0.3) is 0 Å². The second-order valence-corrected chi connectivity index (χ2v) is 7.43. The largest absolute Gasteiger partial charge is 0.444 e. The van der Waals surface area contributed by atoms with Gasteiger partial charge in [0.2, 0.25) is 5.91 Å². The lowest BCUT2D eigenvalue weighted by molar-refractivity contribution is -0.116. The predicted octanol–water partition coefficient (Wildman–Crippen LogP) is 4.34. The second kappa shape index (κ2) is 8.34. The molecule has 0 fully saturated rings. The van der Waals surface area contributed by atoms with E-state index in [0.29, 0.717) is 19.4 Å². The topological polar surface area (TPSA) is 58.6 Å². The minimum Gasteiger partial charge on any atom is -0.444 e. The Morgan fingerprint density at radius 3 is 2.52 bits per heavy atom. The van der Waals surface area contributed by atoms with Crippen LogP contribution in [0.1, 0.15) is 39.2 Å². The van der Waals surface area contributed by atoms with Gasteiger partial charge in [-0.05, 0) is 57.9 Å². The third kappa shape index (κ3) is 7.50. The lowest BCUT2D eigenvalue weighted by Crippen LogP contribution is -2.35. The van der Waals surface area contributed by atoms with Crippen LogP contribution in [-0.2, 0) is 9.53 Å². The number of carbonyl (C=O) groups excluding carboxylic acids is 2. The number of aryl methyl sites for hydroxylation is 1. The molecule has 0 atom stereocenters. The summed E-state index contributed by atoms with van der Waals surface area (Å²) in [4.78, 5) is 25.3. The van der Waals surface area contributed by atoms with Crippen molar-refractivity contribution in [1.82, 2.24) is 4.90 Å². The van der Waals surface area contributed by atoms with Crippen molar-refractivity contribution in [2.45, 2.75) is 46.1 Å². The number of nitrogens with zero attached hydrogens (tertiary/aromatic N) is 1. The third-order valence-electron chi connectivity index (χ3n) is 3.07. The Hall–Kier alpha value is -1.56. The number of ether oxygens (including phenoxy) is 1. The van der Waals surface area contributed by atoms with Crippen LogP contribution in [0, 0.1) is 6.92 Å². The summed E-state index contributed by atoms with van der Waals surface area (Å²) in [6, 6.07) is 5.70. The summed E-state index contributed by atoms with van der Waals surface area (Å²) >= 11 is 3.39. The lowest BCUT2D eigenvalue weighted by atomic mass is 10.2. The first-order chi connectivity index (χ1) is 10.6. The van der Waals surface area contributed by atoms with Crippen LogP contribution < -0.4 is 5.32 Å². The van der Waals surface area contributed by atoms with Crippen LogP contribution in [-0.4, -0.2) is 36.1 Å². The molecule has 23 heavy (non-hydrogen) atoms. The number of carbonyl (C=O) groups is 2. The molecule has 0 aliphatic rings. The molecule has 1 rings (SSSR count). The molecule has 0 bridgehead atoms. The lowest BCUT2D eigenvalue weighted by Gasteiger charge is -2.24. The van der Waals surface area contributed by atoms with Crippen molar-refractivity contribution in [3.63, 3.8) is 0 Å². The van der Waals surface area contributed by atoms with E-state index in [0.717, 1.165) is 15.7 Å². The van der Waals surface area contributed by atoms with Gasteiger partial charge in [-0.3, -0.25) is 4.79 Å². The van der Waals surface area contributed by atoms with Crippen LogP contribution in [0.5, 0.6) is 0 Å². The SMILES string of the molecule is Cc1cc(Br)ccc1NC(=O)CCCN(C)C(=O)OC(C)(C)C. The Morgan fingerprint density at radius 2 is 1.96 bits per heavy atom. The summed E-state index contributed by atoms with van der Waals surface area (Å²) in [6.45, 7) is 7.89. The van der Waals surface area contributed by atoms with Gasteiger partial charge in [0.15, 0.2) is 0 Å². The van der Waals surface area contributed by atoms with Crippen molar-refractivity contribution in [2.24, 2.45) is 0 Å². The molecule has 0 spiro atoms. The third-order valence-corrected chi connectivity index (χ3v) is 3.56. The number of benzene rings is 1. The van der Waals surface area contributed by atoms with Gasteiger partial charge < -0.3 is 15.0 Å². The first-order valence-electron chi connectivity index (χ1n) is 7.58. The number of amides is 2. The van der Waals surface area contributed by atoms with Gasteiger partial charge in [-0.15, -0.1) is 0 Å². The summed E-state index contributed by atoms with van der Waals surface area (Å²) in [5.74, 6) is -0.0620. The Balaban J connectivity index is 2.37. The highest BCUT2D eigenvalue weighted by Gasteiger charge is 2.19. The Morgan fingerprint density at radius 1 is 1.30 bits per heavy atom. The normalized spacial score (nSPS) is 11.0. The van der Waals surface area contributed by atoms with E-state index >= 15 is 0 Å². The first kappa shape index (κ1) is 19.5. The maximum absolute atomic E-state index is 12.0. The zero-order chi connectivity index (χ0) is 17.6. The van der Waals surface area contributed by atoms with Gasteiger partial charge in [-0.2, -0.15) is 0 Å². The molecule has 2 amide bonds. The van der Waals surface area contributed by atoms with Crippen molar-refractivity contribution >= 4 is 33.6 Å². The molecule has 1 aromatic rings. The summed E-state index contributed by atoms with van der Waals surface area (Å²) in [5, 5.41) is 2.88. The highest BCUT2D eigenvalue weighted by atomic mass is 79.9. The molecule has 5 nitrogen and oxygen atoms in total. The summed E-state index contributed by atoms with van der Waals surface area (Å²) in [6.07, 6.45) is 0.557. The van der Waals surface area contributed by atoms with Crippen molar-refractivity contribution in [3.05, 3.63) is 28.2 Å². The molecule has 6 heteroatoms. The number of nitrogens with one attached hydrogen (secondary N) is 1. The number of hydrogen-bond acceptors (Lipinski definition) is 3. The molecule has 0 heterocycles. The zero-order valence-electron chi connectivity index (χ0n) is 14.4. The summed E-state index contributed by atoms with van der Waals surface area (Å²) < 4.78 is 6.24. The van der Waals surface area contributed by atoms with Crippen LogP contribution >= 0.6 is 15.9 Å². The summed E-state index contributed by atoms with van der Waals surface area (Å²) in [7, 11) is 1.67. The van der Waals surface area contributed by atoms with Crippen LogP contribution in [0.15, 0.2) is 22.7 Å². The molecule has 0 saturated carbocycles. The molecular weight excluding hydrogens is 360 g/mol. The Kier molecular flexibility index (Phi) is 7.06. The number of halogens is 1. The van der Waals surface area contributed by atoms with Crippen LogP contribution in [0.2, 0.25) is 0 Å². The van der Waals surface area contributed by atoms with E-state index in [1.54, 1.807) is 7.05 Å². The van der Waals surface area contributed by atoms with Gasteiger partial charge in [0.25, 0.3) is 0 Å². The molecular formula is C17H25BrN2O3. The number of rotatable bonds is 5. The Labute approximate surface area is 146 Å². The molecule has 1 N–H and O–H groups in total. The standard InChI is InChI=1S/C17H25BrN2O3/c1-12-11-13(18)8-9-14(12)19-15(21)7-6-10-20(5)16(22)23-17(2,3)4/h8-9,11H,6-7,10H2,1-5H3,(H,19,21). The van der Waals surface area contributed by atoms with Crippen molar-refractivity contribution in [2.75, 3.05) is 18.9 Å². The fraction of sp³-hybridized carbons (Fsp3) is 0.529. The molecule has 1 aromatic carbocycles. The monoisotopic (exact) mass is 384 g/mol. The molecule has 0 saturated heterocycles. The first-order valence-corrected chi connectivity index (χ1v) is 8.38. The average Bonchev–Trinajstić information content (AvgIpc) is 2.40. The van der Waals surface area contributed by atoms with E-state index < -0.39 is 5.60 Å². The molecule has 0 aliphatic heterocycles. The van der Waals surface area contributed by atoms with Crippen LogP contribution in [0.4, 0.5) is 10.5 Å². The van der Waals surface area contributed by atoms with Gasteiger partial charge in [0, 0.05) is 30.2 Å². The van der Waals surface area contributed by atoms with E-state index in [4.69, 9.17) is 4.74 Å². The molecule has 128 valence electrons. The maximum Gasteiger partial charge on any atom is 0.410 e. The predicted molar refractivity (Wildman–Crippen MR) is 95.6 cm³/mol. The maximum atomic E-state index is 12.0. The van der Waals surface area contributed by atoms with E-state index in [-0.39, 0.29) is 12.0 Å². The van der Waals surface area contributed by atoms with Crippen LogP contribution in [0.3, 0.4) is 0 Å². The van der Waals surface area contributed by atoms with E-state index in [1.165, 1.54) is 4.90 Å². The van der Waals surface area contributed by atoms with E-state index in [9.17, 15) is 9.59 Å². The quantitative estimate of drug-likeness (QED) is 0.820. The smallest absolute Gasteiger partial charge is 0.410 e. The number of anilines is 1. The van der Waals surface area contributed by atoms with Gasteiger partial charge in [-0.25, -0.2) is 4.79 Å². The zero-order valence-corrected chi connectivity index (χ0v) is 16.0. The minimum absolute atomic E-state index is 0.0620. The van der Waals surface area contributed by atoms with Gasteiger partial charge in [0.05, 0.1) is 0 Å². The van der Waals surface area contributed by atoms with Crippen molar-refractivity contribution in [1.29, 1.82) is 0 Å². The Bertz CT molecular complexity index is 567. The molecule has 0 unspecified atom stereocenters. The van der Waals surface area contributed by atoms with Gasteiger partial charge >= 0.3 is 6.09 Å². The summed E-state index contributed by atoms with van der Waals surface area (Å²) in [5.41, 5.74) is 1.29. The highest BCUT2D eigenvalue weighted by molar-refractivity contribution is 9.10. The van der Waals surface area contributed by atoms with Gasteiger partial charge in [-0.1, -0.05) is 15.9 Å². The van der Waals surface area contributed by atoms with E-state index in [1.807, 2.05) is 45.9 Å². The van der Waals surface area contributed by atoms with E-state index in [2.05, 4.69) is 21.2 Å². The fourth-order valence-electron chi connectivity index (χ4n) is 1.89. The van der Waals surface area contributed by atoms with Crippen molar-refractivity contribution in [3.8, 4) is 0 Å². The number of hydrogen-bond donors (Lipinski definition) is 1. The van der Waals surface area contributed by atoms with Crippen molar-refractivity contribution < 1.29 is 14.3 Å². The minimum atomic E-state index is -0.512. The van der Waals surface area contributed by atoms with Gasteiger partial charge in [0.1, 0.15) is 5.60 Å². The fourth-order valence-corrected chi connectivity index (χ4v) is 2.36. The second-order valence-electron chi connectivity index (χ2n) is 6.51. The molecule has 0 radical (unpaired) electrons. The molecule has 0 aromatic heterocycles.